The van der Waals surface area contributed by atoms with Gasteiger partial charge in [-0.15, -0.1) is 0 Å². The van der Waals surface area contributed by atoms with Gasteiger partial charge >= 0.3 is 0 Å². The third kappa shape index (κ3) is 3.60. The number of halogens is 1. The summed E-state index contributed by atoms with van der Waals surface area (Å²) < 4.78 is 0.618. The molecule has 0 fully saturated rings. The van der Waals surface area contributed by atoms with Crippen LogP contribution in [0.2, 0.25) is 0 Å². The van der Waals surface area contributed by atoms with Crippen LogP contribution in [-0.2, 0) is 0 Å². The summed E-state index contributed by atoms with van der Waals surface area (Å²) in [5.74, 6) is -0.195. The lowest BCUT2D eigenvalue weighted by atomic mass is 10.2. The number of aliphatic hydroxyl groups is 1. The van der Waals surface area contributed by atoms with E-state index in [0.717, 1.165) is 0 Å². The number of amides is 1. The van der Waals surface area contributed by atoms with Gasteiger partial charge in [-0.25, -0.2) is 4.98 Å². The Morgan fingerprint density at radius 2 is 2.47 bits per heavy atom. The minimum Gasteiger partial charge on any atom is -0.394 e. The van der Waals surface area contributed by atoms with Crippen LogP contribution in [0.25, 0.3) is 0 Å². The lowest BCUT2D eigenvalue weighted by Gasteiger charge is -2.13. The Balaban J connectivity index is 2.68. The van der Waals surface area contributed by atoms with E-state index in [2.05, 4.69) is 26.2 Å². The Labute approximate surface area is 96.8 Å². The molecular weight excluding hydrogens is 260 g/mol. The second kappa shape index (κ2) is 5.82. The first-order valence-corrected chi connectivity index (χ1v) is 5.50. The molecule has 1 amide bonds. The molecule has 1 atom stereocenters. The first kappa shape index (κ1) is 12.1. The van der Waals surface area contributed by atoms with Crippen LogP contribution in [-0.4, -0.2) is 28.6 Å². The minimum atomic E-state index is -0.195. The fraction of sp³-hybridized carbons (Fsp3) is 0.400. The Kier molecular flexibility index (Phi) is 4.71. The number of pyridine rings is 1. The number of rotatable bonds is 4. The number of nitrogens with one attached hydrogen (secondary N) is 1. The molecule has 0 saturated carbocycles. The number of aromatic nitrogens is 1. The van der Waals surface area contributed by atoms with Gasteiger partial charge in [0.25, 0.3) is 5.91 Å². The van der Waals surface area contributed by atoms with E-state index in [4.69, 9.17) is 5.11 Å². The van der Waals surface area contributed by atoms with Crippen molar-refractivity contribution in [1.82, 2.24) is 10.3 Å². The van der Waals surface area contributed by atoms with Gasteiger partial charge < -0.3 is 10.4 Å². The fourth-order valence-corrected chi connectivity index (χ4v) is 1.45. The summed E-state index contributed by atoms with van der Waals surface area (Å²) in [4.78, 5) is 15.6. The summed E-state index contributed by atoms with van der Waals surface area (Å²) in [5, 5.41) is 11.7. The smallest absolute Gasteiger partial charge is 0.251 e. The first-order valence-electron chi connectivity index (χ1n) is 4.70. The number of carbonyl (C=O) groups excluding carboxylic acids is 1. The molecule has 0 aliphatic carbocycles. The molecule has 1 aromatic heterocycles. The van der Waals surface area contributed by atoms with E-state index >= 15 is 0 Å². The monoisotopic (exact) mass is 272 g/mol. The zero-order valence-electron chi connectivity index (χ0n) is 8.40. The van der Waals surface area contributed by atoms with Crippen LogP contribution in [0, 0.1) is 0 Å². The predicted octanol–water partition coefficient (Wildman–Crippen LogP) is 1.34. The predicted molar refractivity (Wildman–Crippen MR) is 60.6 cm³/mol. The highest BCUT2D eigenvalue weighted by atomic mass is 79.9. The van der Waals surface area contributed by atoms with Crippen molar-refractivity contribution in [2.45, 2.75) is 19.4 Å². The maximum absolute atomic E-state index is 11.7. The number of carbonyl (C=O) groups is 1. The van der Waals surface area contributed by atoms with Gasteiger partial charge in [-0.2, -0.15) is 0 Å². The van der Waals surface area contributed by atoms with E-state index < -0.39 is 0 Å². The van der Waals surface area contributed by atoms with Crippen molar-refractivity contribution < 1.29 is 9.90 Å². The van der Waals surface area contributed by atoms with E-state index in [9.17, 15) is 4.79 Å². The van der Waals surface area contributed by atoms with E-state index in [-0.39, 0.29) is 18.6 Å². The van der Waals surface area contributed by atoms with Crippen molar-refractivity contribution in [3.05, 3.63) is 28.5 Å². The summed E-state index contributed by atoms with van der Waals surface area (Å²) in [6.45, 7) is 1.86. The number of aliphatic hydroxyl groups excluding tert-OH is 1. The number of hydrogen-bond donors (Lipinski definition) is 2. The van der Waals surface area contributed by atoms with E-state index in [1.807, 2.05) is 6.92 Å². The van der Waals surface area contributed by atoms with E-state index in [0.29, 0.717) is 16.6 Å². The Morgan fingerprint density at radius 1 is 1.73 bits per heavy atom. The van der Waals surface area contributed by atoms with Crippen LogP contribution < -0.4 is 5.32 Å². The van der Waals surface area contributed by atoms with Crippen molar-refractivity contribution in [3.63, 3.8) is 0 Å². The topological polar surface area (TPSA) is 62.2 Å². The van der Waals surface area contributed by atoms with Gasteiger partial charge in [-0.05, 0) is 34.5 Å². The Hall–Kier alpha value is -0.940. The van der Waals surface area contributed by atoms with Crippen LogP contribution in [0.5, 0.6) is 0 Å². The lowest BCUT2D eigenvalue weighted by Crippen LogP contribution is -2.36. The summed E-state index contributed by atoms with van der Waals surface area (Å²) >= 11 is 3.19. The quantitative estimate of drug-likeness (QED) is 0.814. The molecule has 1 heterocycles. The van der Waals surface area contributed by atoms with Gasteiger partial charge in [0.15, 0.2) is 0 Å². The van der Waals surface area contributed by atoms with Gasteiger partial charge in [0.1, 0.15) is 4.60 Å². The van der Waals surface area contributed by atoms with Gasteiger partial charge in [0.2, 0.25) is 0 Å². The molecule has 0 spiro atoms. The van der Waals surface area contributed by atoms with Crippen LogP contribution >= 0.6 is 15.9 Å². The zero-order valence-corrected chi connectivity index (χ0v) is 9.99. The van der Waals surface area contributed by atoms with E-state index in [1.54, 1.807) is 18.3 Å². The lowest BCUT2D eigenvalue weighted by molar-refractivity contribution is 0.0915. The normalized spacial score (nSPS) is 12.2. The molecule has 5 heteroatoms. The van der Waals surface area contributed by atoms with Crippen molar-refractivity contribution in [2.75, 3.05) is 6.61 Å². The highest BCUT2D eigenvalue weighted by molar-refractivity contribution is 9.10. The molecule has 0 bridgehead atoms. The largest absolute Gasteiger partial charge is 0.394 e. The molecule has 2 N–H and O–H groups in total. The summed E-state index contributed by atoms with van der Waals surface area (Å²) in [5.41, 5.74) is 0.531. The molecule has 0 aliphatic rings. The average molecular weight is 273 g/mol. The molecule has 0 radical (unpaired) electrons. The van der Waals surface area contributed by atoms with Gasteiger partial charge in [-0.1, -0.05) is 6.92 Å². The minimum absolute atomic E-state index is 0.0471. The zero-order chi connectivity index (χ0) is 11.3. The Bertz CT molecular complexity index is 340. The van der Waals surface area contributed by atoms with Crippen LogP contribution in [0.4, 0.5) is 0 Å². The van der Waals surface area contributed by atoms with Gasteiger partial charge in [0.05, 0.1) is 12.6 Å². The standard InChI is InChI=1S/C10H13BrN2O2/c1-2-8(6-14)13-10(15)7-3-4-12-9(11)5-7/h3-5,8,14H,2,6H2,1H3,(H,13,15). The second-order valence-corrected chi connectivity index (χ2v) is 3.94. The molecule has 82 valence electrons. The van der Waals surface area contributed by atoms with Crippen LogP contribution in [0.3, 0.4) is 0 Å². The third-order valence-electron chi connectivity index (χ3n) is 2.04. The molecule has 15 heavy (non-hydrogen) atoms. The Morgan fingerprint density at radius 3 is 3.00 bits per heavy atom. The van der Waals surface area contributed by atoms with Gasteiger partial charge in [0, 0.05) is 11.8 Å². The van der Waals surface area contributed by atoms with Crippen molar-refractivity contribution in [3.8, 4) is 0 Å². The maximum atomic E-state index is 11.7. The van der Waals surface area contributed by atoms with Crippen molar-refractivity contribution >= 4 is 21.8 Å². The molecule has 1 rings (SSSR count). The molecule has 0 aromatic carbocycles. The van der Waals surface area contributed by atoms with Crippen molar-refractivity contribution in [2.24, 2.45) is 0 Å². The van der Waals surface area contributed by atoms with E-state index in [1.165, 1.54) is 0 Å². The maximum Gasteiger partial charge on any atom is 0.251 e. The molecular formula is C10H13BrN2O2. The molecule has 0 aliphatic heterocycles. The number of nitrogens with zero attached hydrogens (tertiary/aromatic N) is 1. The summed E-state index contributed by atoms with van der Waals surface area (Å²) in [6, 6.07) is 3.08. The molecule has 4 nitrogen and oxygen atoms in total. The SMILES string of the molecule is CCC(CO)NC(=O)c1ccnc(Br)c1. The third-order valence-corrected chi connectivity index (χ3v) is 2.47. The van der Waals surface area contributed by atoms with Crippen molar-refractivity contribution in [1.29, 1.82) is 0 Å². The molecule has 1 unspecified atom stereocenters. The molecule has 0 saturated heterocycles. The second-order valence-electron chi connectivity index (χ2n) is 3.13. The average Bonchev–Trinajstić information content (AvgIpc) is 2.25. The van der Waals surface area contributed by atoms with Gasteiger partial charge in [-0.3, -0.25) is 4.79 Å². The fourth-order valence-electron chi connectivity index (χ4n) is 1.09. The van der Waals surface area contributed by atoms with Crippen LogP contribution in [0.15, 0.2) is 22.9 Å². The highest BCUT2D eigenvalue weighted by Crippen LogP contribution is 2.08. The molecule has 1 aromatic rings. The summed E-state index contributed by atoms with van der Waals surface area (Å²) in [6.07, 6.45) is 2.26. The first-order chi connectivity index (χ1) is 7.17. The summed E-state index contributed by atoms with van der Waals surface area (Å²) in [7, 11) is 0. The van der Waals surface area contributed by atoms with Crippen LogP contribution in [0.1, 0.15) is 23.7 Å². The highest BCUT2D eigenvalue weighted by Gasteiger charge is 2.11. The number of hydrogen-bond acceptors (Lipinski definition) is 3.